The molecule has 3 fully saturated rings. The predicted octanol–water partition coefficient (Wildman–Crippen LogP) is 2.23. The molecule has 0 aromatic carbocycles. The normalized spacial score (nSPS) is 25.3. The zero-order valence-electron chi connectivity index (χ0n) is 16.3. The third-order valence-corrected chi connectivity index (χ3v) is 7.41. The first-order valence-electron chi connectivity index (χ1n) is 10.6. The minimum absolute atomic E-state index is 0.0736. The summed E-state index contributed by atoms with van der Waals surface area (Å²) in [6, 6.07) is 2.03. The van der Waals surface area contributed by atoms with Gasteiger partial charge < -0.3 is 20.3 Å². The van der Waals surface area contributed by atoms with Gasteiger partial charge in [0.2, 0.25) is 5.91 Å². The summed E-state index contributed by atoms with van der Waals surface area (Å²) in [5, 5.41) is 14.1. The summed E-state index contributed by atoms with van der Waals surface area (Å²) in [6.07, 6.45) is 10.9. The number of anilines is 1. The lowest BCUT2D eigenvalue weighted by Crippen LogP contribution is -2.50. The number of hydrogen-bond acceptors (Lipinski definition) is 5. The van der Waals surface area contributed by atoms with Gasteiger partial charge in [-0.1, -0.05) is 12.8 Å². The van der Waals surface area contributed by atoms with Crippen molar-refractivity contribution in [3.63, 3.8) is 0 Å². The number of rotatable bonds is 5. The second-order valence-corrected chi connectivity index (χ2v) is 9.15. The zero-order chi connectivity index (χ0) is 19.2. The number of amides is 1. The maximum Gasteiger partial charge on any atom is 0.223 e. The van der Waals surface area contributed by atoms with Crippen LogP contribution in [0, 0.1) is 16.7 Å². The molecule has 0 bridgehead atoms. The quantitative estimate of drug-likeness (QED) is 0.736. The molecule has 2 aromatic heterocycles. The summed E-state index contributed by atoms with van der Waals surface area (Å²) in [4.78, 5) is 27.4. The third-order valence-electron chi connectivity index (χ3n) is 7.41. The van der Waals surface area contributed by atoms with Crippen LogP contribution in [0.1, 0.15) is 44.9 Å². The Hall–Kier alpha value is -2.15. The van der Waals surface area contributed by atoms with Crippen LogP contribution in [-0.4, -0.2) is 52.2 Å². The highest BCUT2D eigenvalue weighted by Gasteiger charge is 2.55. The molecule has 0 radical (unpaired) electrons. The number of aromatic nitrogens is 3. The van der Waals surface area contributed by atoms with Crippen molar-refractivity contribution >= 4 is 22.8 Å². The summed E-state index contributed by atoms with van der Waals surface area (Å²) in [5.74, 6) is 1.23. The third kappa shape index (κ3) is 2.96. The minimum atomic E-state index is -0.0894. The summed E-state index contributed by atoms with van der Waals surface area (Å²) in [6.45, 7) is 2.52. The lowest BCUT2D eigenvalue weighted by Gasteiger charge is -2.39. The molecule has 1 aliphatic heterocycles. The molecule has 2 saturated carbocycles. The van der Waals surface area contributed by atoms with Gasteiger partial charge in [0, 0.05) is 37.2 Å². The number of aromatic amines is 1. The number of carbonyl (C=O) groups excluding carboxylic acids is 1. The molecular formula is C21H29N5O2. The number of fused-ring (bicyclic) bond motifs is 1. The summed E-state index contributed by atoms with van der Waals surface area (Å²) in [7, 11) is 0. The lowest BCUT2D eigenvalue weighted by molar-refractivity contribution is -0.128. The summed E-state index contributed by atoms with van der Waals surface area (Å²) in [5.41, 5.74) is 0.854. The Bertz CT molecular complexity index is 869. The van der Waals surface area contributed by atoms with Gasteiger partial charge in [-0.05, 0) is 43.6 Å². The van der Waals surface area contributed by atoms with E-state index in [2.05, 4.69) is 25.2 Å². The number of nitrogens with zero attached hydrogens (tertiary/aromatic N) is 3. The van der Waals surface area contributed by atoms with E-state index >= 15 is 0 Å². The van der Waals surface area contributed by atoms with E-state index in [1.807, 2.05) is 12.3 Å². The minimum Gasteiger partial charge on any atom is -0.396 e. The van der Waals surface area contributed by atoms with Crippen molar-refractivity contribution in [2.24, 2.45) is 16.7 Å². The first-order valence-corrected chi connectivity index (χ1v) is 10.6. The molecule has 0 unspecified atom stereocenters. The van der Waals surface area contributed by atoms with Crippen LogP contribution in [0.2, 0.25) is 0 Å². The van der Waals surface area contributed by atoms with Crippen LogP contribution < -0.4 is 10.2 Å². The Labute approximate surface area is 164 Å². The number of hydrogen-bond donors (Lipinski definition) is 3. The second kappa shape index (κ2) is 6.72. The van der Waals surface area contributed by atoms with Crippen molar-refractivity contribution in [3.05, 3.63) is 18.6 Å². The summed E-state index contributed by atoms with van der Waals surface area (Å²) >= 11 is 0. The first-order chi connectivity index (χ1) is 13.6. The van der Waals surface area contributed by atoms with Crippen molar-refractivity contribution in [1.82, 2.24) is 20.3 Å². The van der Waals surface area contributed by atoms with Crippen molar-refractivity contribution < 1.29 is 9.90 Å². The number of nitrogens with one attached hydrogen (secondary N) is 2. The highest BCUT2D eigenvalue weighted by molar-refractivity contribution is 5.87. The van der Waals surface area contributed by atoms with Crippen LogP contribution in [0.25, 0.3) is 11.0 Å². The fourth-order valence-electron chi connectivity index (χ4n) is 5.44. The lowest BCUT2D eigenvalue weighted by atomic mass is 9.81. The Kier molecular flexibility index (Phi) is 4.30. The Morgan fingerprint density at radius 1 is 1.29 bits per heavy atom. The molecule has 7 nitrogen and oxygen atoms in total. The molecule has 28 heavy (non-hydrogen) atoms. The van der Waals surface area contributed by atoms with Crippen LogP contribution >= 0.6 is 0 Å². The smallest absolute Gasteiger partial charge is 0.223 e. The van der Waals surface area contributed by atoms with E-state index in [4.69, 9.17) is 0 Å². The molecular weight excluding hydrogens is 354 g/mol. The van der Waals surface area contributed by atoms with Crippen LogP contribution in [0.3, 0.4) is 0 Å². The van der Waals surface area contributed by atoms with E-state index in [1.165, 1.54) is 0 Å². The molecule has 2 aliphatic carbocycles. The van der Waals surface area contributed by atoms with E-state index in [9.17, 15) is 9.90 Å². The van der Waals surface area contributed by atoms with Gasteiger partial charge in [-0.3, -0.25) is 4.79 Å². The molecule has 5 rings (SSSR count). The van der Waals surface area contributed by atoms with E-state index < -0.39 is 0 Å². The van der Waals surface area contributed by atoms with Crippen LogP contribution in [-0.2, 0) is 4.79 Å². The average Bonchev–Trinajstić information content (AvgIpc) is 3.14. The van der Waals surface area contributed by atoms with Gasteiger partial charge in [-0.2, -0.15) is 0 Å². The SMILES string of the molecule is O=C(NCC1(CO)CCCC1)[C@H]1CCN(c2ncnc3[nH]ccc23)CC12CC2. The molecule has 3 aliphatic rings. The topological polar surface area (TPSA) is 94.1 Å². The fourth-order valence-corrected chi connectivity index (χ4v) is 5.44. The fraction of sp³-hybridized carbons (Fsp3) is 0.667. The van der Waals surface area contributed by atoms with Crippen LogP contribution in [0.15, 0.2) is 18.6 Å². The predicted molar refractivity (Wildman–Crippen MR) is 107 cm³/mol. The zero-order valence-corrected chi connectivity index (χ0v) is 16.3. The highest BCUT2D eigenvalue weighted by atomic mass is 16.3. The monoisotopic (exact) mass is 383 g/mol. The Balaban J connectivity index is 1.28. The maximum atomic E-state index is 13.0. The van der Waals surface area contributed by atoms with Gasteiger partial charge in [0.05, 0.1) is 12.0 Å². The highest BCUT2D eigenvalue weighted by Crippen LogP contribution is 2.56. The van der Waals surface area contributed by atoms with E-state index in [-0.39, 0.29) is 29.3 Å². The molecule has 3 heterocycles. The molecule has 3 N–H and O–H groups in total. The largest absolute Gasteiger partial charge is 0.396 e. The standard InChI is InChI=1S/C21H29N5O2/c27-13-20(5-1-2-6-20)11-23-19(28)16-4-10-26(12-21(16)7-8-21)18-15-3-9-22-17(15)24-14-25-18/h3,9,14,16,27H,1-2,4-8,10-13H2,(H,23,28)(H,22,24,25)/t16-/m1/s1. The van der Waals surface area contributed by atoms with Crippen molar-refractivity contribution in [1.29, 1.82) is 0 Å². The van der Waals surface area contributed by atoms with Gasteiger partial charge in [-0.15, -0.1) is 0 Å². The average molecular weight is 383 g/mol. The Morgan fingerprint density at radius 3 is 2.86 bits per heavy atom. The van der Waals surface area contributed by atoms with Crippen LogP contribution in [0.5, 0.6) is 0 Å². The van der Waals surface area contributed by atoms with E-state index in [0.29, 0.717) is 6.54 Å². The second-order valence-electron chi connectivity index (χ2n) is 9.15. The summed E-state index contributed by atoms with van der Waals surface area (Å²) < 4.78 is 0. The van der Waals surface area contributed by atoms with Gasteiger partial charge in [0.25, 0.3) is 0 Å². The van der Waals surface area contributed by atoms with Crippen LogP contribution in [0.4, 0.5) is 5.82 Å². The molecule has 2 aromatic rings. The van der Waals surface area contributed by atoms with Gasteiger partial charge in [-0.25, -0.2) is 9.97 Å². The van der Waals surface area contributed by atoms with Crippen molar-refractivity contribution in [3.8, 4) is 0 Å². The van der Waals surface area contributed by atoms with E-state index in [1.54, 1.807) is 6.33 Å². The number of aliphatic hydroxyl groups is 1. The van der Waals surface area contributed by atoms with Gasteiger partial charge >= 0.3 is 0 Å². The maximum absolute atomic E-state index is 13.0. The molecule has 150 valence electrons. The molecule has 1 spiro atoms. The Morgan fingerprint density at radius 2 is 2.11 bits per heavy atom. The van der Waals surface area contributed by atoms with Gasteiger partial charge in [0.15, 0.2) is 0 Å². The molecule has 1 saturated heterocycles. The number of piperidine rings is 1. The number of carbonyl (C=O) groups is 1. The molecule has 7 heteroatoms. The van der Waals surface area contributed by atoms with Gasteiger partial charge in [0.1, 0.15) is 17.8 Å². The van der Waals surface area contributed by atoms with Crippen molar-refractivity contribution in [2.75, 3.05) is 31.1 Å². The first kappa shape index (κ1) is 17.9. The number of aliphatic hydroxyl groups excluding tert-OH is 1. The van der Waals surface area contributed by atoms with Crippen molar-refractivity contribution in [2.45, 2.75) is 44.9 Å². The molecule has 1 amide bonds. The van der Waals surface area contributed by atoms with E-state index in [0.717, 1.165) is 74.9 Å². The number of H-pyrrole nitrogens is 1. The molecule has 1 atom stereocenters.